The molecule has 1 fully saturated rings. The largest absolute Gasteiger partial charge is 0.296 e. The van der Waals surface area contributed by atoms with Crippen LogP contribution in [0.4, 0.5) is 0 Å². The van der Waals surface area contributed by atoms with Crippen LogP contribution < -0.4 is 0 Å². The second-order valence-electron chi connectivity index (χ2n) is 3.67. The van der Waals surface area contributed by atoms with Gasteiger partial charge in [0.1, 0.15) is 0 Å². The number of halogens is 1. The highest BCUT2D eigenvalue weighted by Gasteiger charge is 2.32. The molecule has 1 nitrogen and oxygen atoms in total. The maximum Gasteiger partial charge on any atom is 0.0365 e. The van der Waals surface area contributed by atoms with E-state index < -0.39 is 0 Å². The highest BCUT2D eigenvalue weighted by Crippen LogP contribution is 2.25. The summed E-state index contributed by atoms with van der Waals surface area (Å²) >= 11 is 2.51. The monoisotopic (exact) mass is 239 g/mol. The van der Waals surface area contributed by atoms with Gasteiger partial charge in [0.15, 0.2) is 0 Å². The smallest absolute Gasteiger partial charge is 0.0365 e. The lowest BCUT2D eigenvalue weighted by Crippen LogP contribution is -2.56. The van der Waals surface area contributed by atoms with Crippen molar-refractivity contribution in [3.8, 4) is 0 Å². The van der Waals surface area contributed by atoms with Crippen molar-refractivity contribution in [2.45, 2.75) is 30.2 Å². The number of rotatable bonds is 0. The molecule has 9 heavy (non-hydrogen) atoms. The van der Waals surface area contributed by atoms with E-state index in [1.807, 2.05) is 0 Å². The van der Waals surface area contributed by atoms with Crippen molar-refractivity contribution >= 4 is 22.6 Å². The van der Waals surface area contributed by atoms with Gasteiger partial charge in [-0.3, -0.25) is 4.90 Å². The molecule has 2 heteroatoms. The van der Waals surface area contributed by atoms with Crippen molar-refractivity contribution in [3.63, 3.8) is 0 Å². The third-order valence-corrected chi connectivity index (χ3v) is 2.57. The van der Waals surface area contributed by atoms with E-state index in [9.17, 15) is 0 Å². The number of likely N-dealkylation sites (tertiary alicyclic amines) is 1. The van der Waals surface area contributed by atoms with E-state index in [-0.39, 0.29) is 0 Å². The second-order valence-corrected chi connectivity index (χ2v) is 5.43. The molecule has 0 radical (unpaired) electrons. The number of alkyl halides is 1. The topological polar surface area (TPSA) is 3.24 Å². The van der Waals surface area contributed by atoms with Gasteiger partial charge in [-0.15, -0.1) is 0 Å². The third kappa shape index (κ3) is 1.80. The number of nitrogens with zero attached hydrogens (tertiary/aromatic N) is 1. The predicted molar refractivity (Wildman–Crippen MR) is 49.1 cm³/mol. The molecule has 0 amide bonds. The van der Waals surface area contributed by atoms with Crippen molar-refractivity contribution in [2.75, 3.05) is 13.1 Å². The Labute approximate surface area is 70.9 Å². The Hall–Kier alpha value is 0.690. The summed E-state index contributed by atoms with van der Waals surface area (Å²) in [5.74, 6) is 0. The van der Waals surface area contributed by atoms with E-state index in [1.165, 1.54) is 13.1 Å². The Bertz CT molecular complexity index is 100.0. The molecule has 0 unspecified atom stereocenters. The molecule has 0 aromatic rings. The van der Waals surface area contributed by atoms with Crippen LogP contribution in [-0.2, 0) is 0 Å². The van der Waals surface area contributed by atoms with E-state index in [0.717, 1.165) is 3.92 Å². The van der Waals surface area contributed by atoms with Gasteiger partial charge in [0.05, 0.1) is 0 Å². The van der Waals surface area contributed by atoms with E-state index in [2.05, 4.69) is 48.3 Å². The molecule has 0 N–H and O–H groups in total. The van der Waals surface area contributed by atoms with Crippen molar-refractivity contribution in [2.24, 2.45) is 0 Å². The molecular weight excluding hydrogens is 225 g/mol. The van der Waals surface area contributed by atoms with Crippen molar-refractivity contribution < 1.29 is 0 Å². The molecule has 54 valence electrons. The molecule has 0 bridgehead atoms. The lowest BCUT2D eigenvalue weighted by molar-refractivity contribution is 0.0803. The minimum absolute atomic E-state index is 0.404. The molecular formula is C7H14IN. The Morgan fingerprint density at radius 3 is 1.89 bits per heavy atom. The fraction of sp³-hybridized carbons (Fsp3) is 1.00. The van der Waals surface area contributed by atoms with E-state index in [1.54, 1.807) is 0 Å². The summed E-state index contributed by atoms with van der Waals surface area (Å²) in [4.78, 5) is 2.50. The summed E-state index contributed by atoms with van der Waals surface area (Å²) in [5, 5.41) is 0. The van der Waals surface area contributed by atoms with Crippen LogP contribution in [0, 0.1) is 0 Å². The maximum absolute atomic E-state index is 2.51. The molecule has 0 spiro atoms. The van der Waals surface area contributed by atoms with Crippen molar-refractivity contribution in [1.29, 1.82) is 0 Å². The predicted octanol–water partition coefficient (Wildman–Crippen LogP) is 1.90. The van der Waals surface area contributed by atoms with E-state index in [0.29, 0.717) is 5.54 Å². The Morgan fingerprint density at radius 1 is 1.33 bits per heavy atom. The van der Waals surface area contributed by atoms with Crippen LogP contribution in [0.25, 0.3) is 0 Å². The molecule has 1 rings (SSSR count). The lowest BCUT2D eigenvalue weighted by atomic mass is 10.0. The molecule has 0 atom stereocenters. The highest BCUT2D eigenvalue weighted by atomic mass is 127. The summed E-state index contributed by atoms with van der Waals surface area (Å²) < 4.78 is 0.904. The molecule has 1 aliphatic heterocycles. The van der Waals surface area contributed by atoms with Crippen LogP contribution in [0.5, 0.6) is 0 Å². The van der Waals surface area contributed by atoms with Crippen LogP contribution in [0.2, 0.25) is 0 Å². The minimum Gasteiger partial charge on any atom is -0.296 e. The zero-order valence-corrected chi connectivity index (χ0v) is 8.47. The van der Waals surface area contributed by atoms with Gasteiger partial charge in [0.2, 0.25) is 0 Å². The lowest BCUT2D eigenvalue weighted by Gasteiger charge is -2.45. The van der Waals surface area contributed by atoms with E-state index in [4.69, 9.17) is 0 Å². The Balaban J connectivity index is 2.32. The second kappa shape index (κ2) is 2.38. The number of hydrogen-bond acceptors (Lipinski definition) is 1. The first-order valence-corrected chi connectivity index (χ1v) is 4.64. The van der Waals surface area contributed by atoms with Gasteiger partial charge in [0, 0.05) is 22.6 Å². The first-order valence-electron chi connectivity index (χ1n) is 3.39. The summed E-state index contributed by atoms with van der Waals surface area (Å²) in [6, 6.07) is 0. The zero-order chi connectivity index (χ0) is 7.07. The van der Waals surface area contributed by atoms with Gasteiger partial charge >= 0.3 is 0 Å². The van der Waals surface area contributed by atoms with Crippen LogP contribution in [-0.4, -0.2) is 27.5 Å². The first kappa shape index (κ1) is 7.79. The standard InChI is InChI=1S/C7H14IN/c1-7(2,3)9-4-6(8)5-9/h6H,4-5H2,1-3H3. The summed E-state index contributed by atoms with van der Waals surface area (Å²) in [5.41, 5.74) is 0.404. The van der Waals surface area contributed by atoms with Gasteiger partial charge in [-0.2, -0.15) is 0 Å². The highest BCUT2D eigenvalue weighted by molar-refractivity contribution is 14.1. The van der Waals surface area contributed by atoms with E-state index >= 15 is 0 Å². The normalized spacial score (nSPS) is 24.0. The molecule has 1 heterocycles. The molecule has 0 aliphatic carbocycles. The van der Waals surface area contributed by atoms with Gasteiger partial charge in [-0.25, -0.2) is 0 Å². The molecule has 1 saturated heterocycles. The van der Waals surface area contributed by atoms with Crippen LogP contribution in [0.15, 0.2) is 0 Å². The Morgan fingerprint density at radius 2 is 1.78 bits per heavy atom. The van der Waals surface area contributed by atoms with Crippen molar-refractivity contribution in [1.82, 2.24) is 4.90 Å². The third-order valence-electron chi connectivity index (χ3n) is 1.79. The van der Waals surface area contributed by atoms with Gasteiger partial charge in [0.25, 0.3) is 0 Å². The fourth-order valence-corrected chi connectivity index (χ4v) is 1.92. The minimum atomic E-state index is 0.404. The molecule has 0 saturated carbocycles. The van der Waals surface area contributed by atoms with Gasteiger partial charge < -0.3 is 0 Å². The average Bonchev–Trinajstić information content (AvgIpc) is 1.55. The molecule has 0 aromatic carbocycles. The van der Waals surface area contributed by atoms with Crippen LogP contribution in [0.3, 0.4) is 0 Å². The van der Waals surface area contributed by atoms with Crippen LogP contribution >= 0.6 is 22.6 Å². The fourth-order valence-electron chi connectivity index (χ4n) is 0.973. The van der Waals surface area contributed by atoms with Gasteiger partial charge in [-0.05, 0) is 20.8 Å². The molecule has 1 aliphatic rings. The first-order chi connectivity index (χ1) is 4.00. The quantitative estimate of drug-likeness (QED) is 0.461. The zero-order valence-electron chi connectivity index (χ0n) is 6.32. The summed E-state index contributed by atoms with van der Waals surface area (Å²) in [7, 11) is 0. The van der Waals surface area contributed by atoms with Gasteiger partial charge in [-0.1, -0.05) is 22.6 Å². The summed E-state index contributed by atoms with van der Waals surface area (Å²) in [6.45, 7) is 9.38. The average molecular weight is 239 g/mol. The van der Waals surface area contributed by atoms with Crippen LogP contribution in [0.1, 0.15) is 20.8 Å². The van der Waals surface area contributed by atoms with Crippen molar-refractivity contribution in [3.05, 3.63) is 0 Å². The SMILES string of the molecule is CC(C)(C)N1CC(I)C1. The molecule has 0 aromatic heterocycles. The Kier molecular flexibility index (Phi) is 2.06. The number of hydrogen-bond donors (Lipinski definition) is 0. The maximum atomic E-state index is 2.51. The summed E-state index contributed by atoms with van der Waals surface area (Å²) in [6.07, 6.45) is 0.